The molecule has 0 spiro atoms. The van der Waals surface area contributed by atoms with E-state index in [1.54, 1.807) is 12.4 Å². The molecule has 2 aliphatic rings. The maximum Gasteiger partial charge on any atom is 0.263 e. The second-order valence-electron chi connectivity index (χ2n) is 9.52. The number of hydrogen-bond acceptors (Lipinski definition) is 7. The average Bonchev–Trinajstić information content (AvgIpc) is 3.29. The number of carbonyl (C=O) groups is 1. The summed E-state index contributed by atoms with van der Waals surface area (Å²) in [6.45, 7) is 4.90. The SMILES string of the molecule is Cc1ccc(Cc2nc(N3CCN(C(=O)C4CCC4)CC3)c3c(-c4cccnc4)noc3n2)cc1. The van der Waals surface area contributed by atoms with E-state index in [-0.39, 0.29) is 5.92 Å². The highest BCUT2D eigenvalue weighted by atomic mass is 16.5. The minimum absolute atomic E-state index is 0.226. The lowest BCUT2D eigenvalue weighted by atomic mass is 9.84. The fourth-order valence-corrected chi connectivity index (χ4v) is 4.83. The van der Waals surface area contributed by atoms with Gasteiger partial charge in [0.2, 0.25) is 5.91 Å². The summed E-state index contributed by atoms with van der Waals surface area (Å²) >= 11 is 0. The van der Waals surface area contributed by atoms with Crippen LogP contribution in [-0.4, -0.2) is 57.1 Å². The predicted octanol–water partition coefficient (Wildman–Crippen LogP) is 4.03. The molecule has 1 saturated carbocycles. The van der Waals surface area contributed by atoms with Crippen molar-refractivity contribution in [3.63, 3.8) is 0 Å². The Bertz CT molecular complexity index is 1340. The molecule has 35 heavy (non-hydrogen) atoms. The molecule has 4 aromatic rings. The van der Waals surface area contributed by atoms with Crippen LogP contribution in [-0.2, 0) is 11.2 Å². The third-order valence-corrected chi connectivity index (χ3v) is 7.13. The van der Waals surface area contributed by atoms with Crippen molar-refractivity contribution in [3.8, 4) is 11.3 Å². The first-order valence-corrected chi connectivity index (χ1v) is 12.3. The average molecular weight is 469 g/mol. The lowest BCUT2D eigenvalue weighted by molar-refractivity contribution is -0.138. The molecule has 178 valence electrons. The second kappa shape index (κ2) is 9.09. The molecule has 3 aromatic heterocycles. The van der Waals surface area contributed by atoms with Crippen LogP contribution in [0.25, 0.3) is 22.4 Å². The number of aromatic nitrogens is 4. The largest absolute Gasteiger partial charge is 0.352 e. The first kappa shape index (κ1) is 21.7. The van der Waals surface area contributed by atoms with Gasteiger partial charge in [-0.3, -0.25) is 9.78 Å². The lowest BCUT2D eigenvalue weighted by Crippen LogP contribution is -2.51. The summed E-state index contributed by atoms with van der Waals surface area (Å²) in [5.41, 5.74) is 4.39. The molecule has 0 bridgehead atoms. The molecule has 0 unspecified atom stereocenters. The topological polar surface area (TPSA) is 88.3 Å². The smallest absolute Gasteiger partial charge is 0.263 e. The van der Waals surface area contributed by atoms with Crippen LogP contribution in [0.15, 0.2) is 53.3 Å². The quantitative estimate of drug-likeness (QED) is 0.437. The number of piperazine rings is 1. The van der Waals surface area contributed by atoms with E-state index >= 15 is 0 Å². The summed E-state index contributed by atoms with van der Waals surface area (Å²) in [4.78, 5) is 31.0. The second-order valence-corrected chi connectivity index (χ2v) is 9.52. The van der Waals surface area contributed by atoms with Gasteiger partial charge in [-0.05, 0) is 37.5 Å². The molecule has 8 heteroatoms. The Kier molecular flexibility index (Phi) is 5.64. The van der Waals surface area contributed by atoms with Crippen molar-refractivity contribution < 1.29 is 9.32 Å². The Morgan fingerprint density at radius 1 is 1.06 bits per heavy atom. The van der Waals surface area contributed by atoms with Crippen LogP contribution in [0.5, 0.6) is 0 Å². The number of aryl methyl sites for hydroxylation is 1. The summed E-state index contributed by atoms with van der Waals surface area (Å²) in [5.74, 6) is 2.04. The number of fused-ring (bicyclic) bond motifs is 1. The molecule has 1 saturated heterocycles. The van der Waals surface area contributed by atoms with E-state index in [0.717, 1.165) is 35.2 Å². The van der Waals surface area contributed by atoms with Gasteiger partial charge < -0.3 is 14.3 Å². The molecule has 1 amide bonds. The molecule has 0 radical (unpaired) electrons. The van der Waals surface area contributed by atoms with E-state index < -0.39 is 0 Å². The summed E-state index contributed by atoms with van der Waals surface area (Å²) in [6, 6.07) is 12.3. The highest BCUT2D eigenvalue weighted by molar-refractivity contribution is 5.98. The van der Waals surface area contributed by atoms with Gasteiger partial charge in [-0.15, -0.1) is 0 Å². The molecule has 4 heterocycles. The number of nitrogens with zero attached hydrogens (tertiary/aromatic N) is 6. The van der Waals surface area contributed by atoms with Gasteiger partial charge in [-0.25, -0.2) is 4.98 Å². The fraction of sp³-hybridized carbons (Fsp3) is 0.370. The lowest BCUT2D eigenvalue weighted by Gasteiger charge is -2.38. The fourth-order valence-electron chi connectivity index (χ4n) is 4.83. The third-order valence-electron chi connectivity index (χ3n) is 7.13. The van der Waals surface area contributed by atoms with Gasteiger partial charge in [0.25, 0.3) is 5.71 Å². The van der Waals surface area contributed by atoms with Gasteiger partial charge in [0.05, 0.1) is 0 Å². The maximum absolute atomic E-state index is 12.8. The monoisotopic (exact) mass is 468 g/mol. The minimum Gasteiger partial charge on any atom is -0.352 e. The highest BCUT2D eigenvalue weighted by Gasteiger charge is 2.32. The van der Waals surface area contributed by atoms with Gasteiger partial charge in [-0.2, -0.15) is 4.98 Å². The van der Waals surface area contributed by atoms with Crippen molar-refractivity contribution in [2.75, 3.05) is 31.1 Å². The van der Waals surface area contributed by atoms with Gasteiger partial charge in [0.1, 0.15) is 22.7 Å². The molecule has 1 aromatic carbocycles. The molecule has 0 N–H and O–H groups in total. The van der Waals surface area contributed by atoms with Crippen molar-refractivity contribution >= 4 is 22.8 Å². The van der Waals surface area contributed by atoms with Crippen LogP contribution >= 0.6 is 0 Å². The molecule has 8 nitrogen and oxygen atoms in total. The van der Waals surface area contributed by atoms with Crippen molar-refractivity contribution in [2.24, 2.45) is 5.92 Å². The molecule has 2 fully saturated rings. The van der Waals surface area contributed by atoms with E-state index in [9.17, 15) is 4.79 Å². The van der Waals surface area contributed by atoms with E-state index in [0.29, 0.717) is 55.7 Å². The predicted molar refractivity (Wildman–Crippen MR) is 133 cm³/mol. The van der Waals surface area contributed by atoms with Crippen LogP contribution in [0, 0.1) is 12.8 Å². The van der Waals surface area contributed by atoms with Crippen LogP contribution in [0.4, 0.5) is 5.82 Å². The highest BCUT2D eigenvalue weighted by Crippen LogP contribution is 2.35. The zero-order valence-corrected chi connectivity index (χ0v) is 19.9. The number of anilines is 1. The number of benzene rings is 1. The molecule has 1 aliphatic carbocycles. The van der Waals surface area contributed by atoms with E-state index in [4.69, 9.17) is 14.5 Å². The minimum atomic E-state index is 0.226. The summed E-state index contributed by atoms with van der Waals surface area (Å²) < 4.78 is 5.73. The molecule has 6 rings (SSSR count). The molecule has 1 aliphatic heterocycles. The van der Waals surface area contributed by atoms with Gasteiger partial charge in [0.15, 0.2) is 0 Å². The third kappa shape index (κ3) is 4.24. The number of pyridine rings is 1. The maximum atomic E-state index is 12.8. The molecular formula is C27H28N6O2. The Morgan fingerprint density at radius 2 is 1.86 bits per heavy atom. The summed E-state index contributed by atoms with van der Waals surface area (Å²) in [7, 11) is 0. The Balaban J connectivity index is 1.35. The summed E-state index contributed by atoms with van der Waals surface area (Å²) in [6.07, 6.45) is 7.35. The Hall–Kier alpha value is -3.81. The van der Waals surface area contributed by atoms with Gasteiger partial charge >= 0.3 is 0 Å². The van der Waals surface area contributed by atoms with E-state index in [1.807, 2.05) is 17.0 Å². The Labute approximate surface area is 204 Å². The van der Waals surface area contributed by atoms with Crippen molar-refractivity contribution in [3.05, 3.63) is 65.7 Å². The number of amides is 1. The van der Waals surface area contributed by atoms with E-state index in [2.05, 4.69) is 46.2 Å². The first-order valence-electron chi connectivity index (χ1n) is 12.3. The zero-order chi connectivity index (χ0) is 23.8. The zero-order valence-electron chi connectivity index (χ0n) is 19.9. The first-order chi connectivity index (χ1) is 17.2. The van der Waals surface area contributed by atoms with Crippen molar-refractivity contribution in [1.29, 1.82) is 0 Å². The normalized spacial score (nSPS) is 16.5. The standard InChI is InChI=1S/C27H28N6O2/c1-18-7-9-19(10-8-18)16-22-29-25(32-12-14-33(15-13-32)27(34)20-4-2-5-20)23-24(31-35-26(23)30-22)21-6-3-11-28-17-21/h3,6-11,17,20H,2,4-5,12-16H2,1H3. The molecule has 0 atom stereocenters. The van der Waals surface area contributed by atoms with E-state index in [1.165, 1.54) is 12.0 Å². The van der Waals surface area contributed by atoms with Crippen LogP contribution in [0.1, 0.15) is 36.2 Å². The number of carbonyl (C=O) groups excluding carboxylic acids is 1. The van der Waals surface area contributed by atoms with Crippen LogP contribution in [0.3, 0.4) is 0 Å². The van der Waals surface area contributed by atoms with Crippen molar-refractivity contribution in [1.82, 2.24) is 25.0 Å². The number of rotatable bonds is 5. The van der Waals surface area contributed by atoms with Crippen molar-refractivity contribution in [2.45, 2.75) is 32.6 Å². The molecular weight excluding hydrogens is 440 g/mol. The summed E-state index contributed by atoms with van der Waals surface area (Å²) in [5, 5.41) is 5.15. The van der Waals surface area contributed by atoms with Crippen LogP contribution < -0.4 is 4.90 Å². The van der Waals surface area contributed by atoms with Crippen LogP contribution in [0.2, 0.25) is 0 Å². The van der Waals surface area contributed by atoms with Gasteiger partial charge in [0, 0.05) is 56.5 Å². The Morgan fingerprint density at radius 3 is 2.54 bits per heavy atom. The number of hydrogen-bond donors (Lipinski definition) is 0. The van der Waals surface area contributed by atoms with Gasteiger partial charge in [-0.1, -0.05) is 41.4 Å².